The molecule has 0 aromatic heterocycles. The summed E-state index contributed by atoms with van der Waals surface area (Å²) in [5.74, 6) is -2.26. The number of aromatic carboxylic acids is 2. The maximum absolute atomic E-state index is 11.8. The van der Waals surface area contributed by atoms with E-state index in [0.717, 1.165) is 19.3 Å². The summed E-state index contributed by atoms with van der Waals surface area (Å²) in [5, 5.41) is 19.5. The number of carboxylic acids is 2. The van der Waals surface area contributed by atoms with Gasteiger partial charge >= 0.3 is 11.9 Å². The summed E-state index contributed by atoms with van der Waals surface area (Å²) in [5.41, 5.74) is 1.45. The van der Waals surface area contributed by atoms with Crippen molar-refractivity contribution >= 4 is 40.7 Å². The number of ether oxygens (including phenoxy) is 2. The molecule has 0 unspecified atom stereocenters. The lowest BCUT2D eigenvalue weighted by Gasteiger charge is -2.16. The molecule has 0 saturated heterocycles. The van der Waals surface area contributed by atoms with Gasteiger partial charge in [0.2, 0.25) is 0 Å². The molecular formula is C23H27Cl2NO6. The van der Waals surface area contributed by atoms with Crippen molar-refractivity contribution in [2.24, 2.45) is 0 Å². The average Bonchev–Trinajstić information content (AvgIpc) is 2.72. The Labute approximate surface area is 197 Å². The Hall–Kier alpha value is -2.74. The second kappa shape index (κ2) is 12.3. The van der Waals surface area contributed by atoms with E-state index in [1.165, 1.54) is 26.4 Å². The van der Waals surface area contributed by atoms with Gasteiger partial charge in [-0.2, -0.15) is 0 Å². The zero-order valence-electron chi connectivity index (χ0n) is 18.2. The van der Waals surface area contributed by atoms with Crippen molar-refractivity contribution in [1.29, 1.82) is 0 Å². The molecule has 5 N–H and O–H groups in total. The van der Waals surface area contributed by atoms with Crippen LogP contribution < -0.4 is 15.6 Å². The summed E-state index contributed by atoms with van der Waals surface area (Å²) in [6, 6.07) is 6.10. The van der Waals surface area contributed by atoms with Crippen LogP contribution in [0.3, 0.4) is 0 Å². The number of carbonyl (C=O) groups is 2. The van der Waals surface area contributed by atoms with Crippen LogP contribution >= 0.6 is 23.2 Å². The number of rotatable bonds is 10. The third-order valence-corrected chi connectivity index (χ3v) is 5.30. The second-order valence-corrected chi connectivity index (χ2v) is 7.62. The lowest BCUT2D eigenvalue weighted by molar-refractivity contribution is 0.0682. The maximum Gasteiger partial charge on any atom is 0.339 e. The standard InChI is InChI=1S/C23H24Cl2O6.H3N/c1-4-5-6-7-8-15(13-9-16(22(26)27)20(30-2)18(24)11-13)14-10-17(23(28)29)21(31-3)19(25)12-14;/h8-12H,4-7H2,1-3H3,(H,26,27)(H,28,29);1H3. The maximum atomic E-state index is 11.8. The van der Waals surface area contributed by atoms with Gasteiger partial charge in [0.15, 0.2) is 11.5 Å². The number of hydrogen-bond donors (Lipinski definition) is 3. The number of hydrogen-bond acceptors (Lipinski definition) is 5. The van der Waals surface area contributed by atoms with E-state index in [1.54, 1.807) is 12.1 Å². The Morgan fingerprint density at radius 1 is 0.875 bits per heavy atom. The first-order valence-electron chi connectivity index (χ1n) is 9.67. The van der Waals surface area contributed by atoms with Crippen LogP contribution in [0.2, 0.25) is 10.0 Å². The van der Waals surface area contributed by atoms with Gasteiger partial charge in [-0.1, -0.05) is 49.0 Å². The quantitative estimate of drug-likeness (QED) is 0.325. The molecule has 0 amide bonds. The average molecular weight is 484 g/mol. The predicted molar refractivity (Wildman–Crippen MR) is 126 cm³/mol. The number of methoxy groups -OCH3 is 2. The summed E-state index contributed by atoms with van der Waals surface area (Å²) >= 11 is 12.6. The van der Waals surface area contributed by atoms with Gasteiger partial charge in [0.1, 0.15) is 11.1 Å². The van der Waals surface area contributed by atoms with Gasteiger partial charge in [-0.3, -0.25) is 0 Å². The van der Waals surface area contributed by atoms with Crippen LogP contribution in [0, 0.1) is 0 Å². The number of unbranched alkanes of at least 4 members (excludes halogenated alkanes) is 3. The predicted octanol–water partition coefficient (Wildman–Crippen LogP) is 6.58. The molecule has 2 aromatic carbocycles. The van der Waals surface area contributed by atoms with E-state index in [-0.39, 0.29) is 38.8 Å². The Morgan fingerprint density at radius 2 is 1.31 bits per heavy atom. The molecule has 0 heterocycles. The third kappa shape index (κ3) is 6.16. The van der Waals surface area contributed by atoms with Gasteiger partial charge in [0, 0.05) is 0 Å². The highest BCUT2D eigenvalue weighted by Gasteiger charge is 2.21. The summed E-state index contributed by atoms with van der Waals surface area (Å²) in [6.07, 6.45) is 5.63. The molecule has 0 spiro atoms. The van der Waals surface area contributed by atoms with Crippen molar-refractivity contribution < 1.29 is 29.3 Å². The number of carboxylic acid groups (broad SMARTS) is 2. The molecular weight excluding hydrogens is 457 g/mol. The van der Waals surface area contributed by atoms with Gasteiger partial charge in [-0.25, -0.2) is 9.59 Å². The highest BCUT2D eigenvalue weighted by Crippen LogP contribution is 2.38. The SMILES string of the molecule is CCCCCC=C(c1cc(Cl)c(OC)c(C(=O)O)c1)c1cc(Cl)c(OC)c(C(=O)O)c1.N. The first-order valence-corrected chi connectivity index (χ1v) is 10.4. The van der Waals surface area contributed by atoms with Gasteiger partial charge in [-0.15, -0.1) is 0 Å². The smallest absolute Gasteiger partial charge is 0.339 e. The summed E-state index contributed by atoms with van der Waals surface area (Å²) in [4.78, 5) is 23.5. The molecule has 0 atom stereocenters. The summed E-state index contributed by atoms with van der Waals surface area (Å²) < 4.78 is 10.3. The molecule has 0 fully saturated rings. The minimum atomic E-state index is -1.19. The lowest BCUT2D eigenvalue weighted by atomic mass is 9.93. The van der Waals surface area contributed by atoms with Crippen LogP contribution in [0.4, 0.5) is 0 Å². The van der Waals surface area contributed by atoms with Crippen LogP contribution in [-0.4, -0.2) is 36.4 Å². The number of benzene rings is 2. The van der Waals surface area contributed by atoms with E-state index >= 15 is 0 Å². The van der Waals surface area contributed by atoms with Crippen molar-refractivity contribution in [2.75, 3.05) is 14.2 Å². The molecule has 7 nitrogen and oxygen atoms in total. The molecule has 0 aliphatic carbocycles. The van der Waals surface area contributed by atoms with Gasteiger partial charge in [0.05, 0.1) is 24.3 Å². The van der Waals surface area contributed by atoms with Crippen LogP contribution in [0.5, 0.6) is 11.5 Å². The van der Waals surface area contributed by atoms with E-state index in [9.17, 15) is 19.8 Å². The Bertz CT molecular complexity index is 947. The van der Waals surface area contributed by atoms with Gasteiger partial charge < -0.3 is 25.8 Å². The van der Waals surface area contributed by atoms with Crippen molar-refractivity contribution in [1.82, 2.24) is 6.15 Å². The Morgan fingerprint density at radius 3 is 1.66 bits per heavy atom. The van der Waals surface area contributed by atoms with Crippen LogP contribution in [0.25, 0.3) is 5.57 Å². The number of allylic oxidation sites excluding steroid dienone is 1. The van der Waals surface area contributed by atoms with Crippen LogP contribution in [-0.2, 0) is 0 Å². The first-order chi connectivity index (χ1) is 14.7. The number of halogens is 2. The Balaban J connectivity index is 0.00000512. The molecule has 0 saturated carbocycles. The summed E-state index contributed by atoms with van der Waals surface area (Å²) in [7, 11) is 2.69. The topological polar surface area (TPSA) is 128 Å². The van der Waals surface area contributed by atoms with Crippen molar-refractivity contribution in [3.8, 4) is 11.5 Å². The van der Waals surface area contributed by atoms with Gasteiger partial charge in [-0.05, 0) is 53.8 Å². The zero-order chi connectivity index (χ0) is 23.1. The fourth-order valence-corrected chi connectivity index (χ4v) is 3.87. The van der Waals surface area contributed by atoms with Crippen molar-refractivity contribution in [2.45, 2.75) is 32.6 Å². The highest BCUT2D eigenvalue weighted by molar-refractivity contribution is 6.33. The van der Waals surface area contributed by atoms with Crippen LogP contribution in [0.1, 0.15) is 64.4 Å². The molecule has 2 aromatic rings. The second-order valence-electron chi connectivity index (χ2n) is 6.80. The first kappa shape index (κ1) is 27.3. The van der Waals surface area contributed by atoms with E-state index in [2.05, 4.69) is 6.92 Å². The molecule has 0 bridgehead atoms. The minimum Gasteiger partial charge on any atom is -0.494 e. The molecule has 0 aliphatic heterocycles. The lowest BCUT2D eigenvalue weighted by Crippen LogP contribution is -2.05. The van der Waals surface area contributed by atoms with Gasteiger partial charge in [0.25, 0.3) is 0 Å². The third-order valence-electron chi connectivity index (χ3n) is 4.73. The van der Waals surface area contributed by atoms with E-state index < -0.39 is 11.9 Å². The fourth-order valence-electron chi connectivity index (χ4n) is 3.27. The van der Waals surface area contributed by atoms with Crippen molar-refractivity contribution in [3.05, 3.63) is 62.6 Å². The largest absolute Gasteiger partial charge is 0.494 e. The summed E-state index contributed by atoms with van der Waals surface area (Å²) in [6.45, 7) is 2.09. The van der Waals surface area contributed by atoms with E-state index in [1.807, 2.05) is 6.08 Å². The van der Waals surface area contributed by atoms with Crippen molar-refractivity contribution in [3.63, 3.8) is 0 Å². The monoisotopic (exact) mass is 483 g/mol. The van der Waals surface area contributed by atoms with E-state index in [4.69, 9.17) is 32.7 Å². The molecule has 0 radical (unpaired) electrons. The molecule has 2 rings (SSSR count). The van der Waals surface area contributed by atoms with Crippen LogP contribution in [0.15, 0.2) is 30.3 Å². The molecule has 174 valence electrons. The normalized spacial score (nSPS) is 10.2. The molecule has 32 heavy (non-hydrogen) atoms. The molecule has 9 heteroatoms. The highest BCUT2D eigenvalue weighted by atomic mass is 35.5. The van der Waals surface area contributed by atoms with E-state index in [0.29, 0.717) is 23.1 Å². The zero-order valence-corrected chi connectivity index (χ0v) is 19.7. The fraction of sp³-hybridized carbons (Fsp3) is 0.304. The Kier molecular flexibility index (Phi) is 10.5. The molecule has 0 aliphatic rings. The minimum absolute atomic E-state index is 0.